The molecular formula is C10H7Cl2FN2O. The van der Waals surface area contributed by atoms with Gasteiger partial charge in [0.25, 0.3) is 0 Å². The number of fused-ring (bicyclic) bond motifs is 1. The molecular weight excluding hydrogens is 254 g/mol. The Morgan fingerprint density at radius 1 is 1.31 bits per heavy atom. The van der Waals surface area contributed by atoms with Crippen LogP contribution < -0.4 is 4.74 Å². The van der Waals surface area contributed by atoms with Crippen molar-refractivity contribution in [1.82, 2.24) is 9.97 Å². The van der Waals surface area contributed by atoms with Gasteiger partial charge in [0, 0.05) is 5.39 Å². The van der Waals surface area contributed by atoms with Crippen LogP contribution in [0.1, 0.15) is 6.92 Å². The van der Waals surface area contributed by atoms with Crippen molar-refractivity contribution in [2.45, 2.75) is 6.92 Å². The van der Waals surface area contributed by atoms with Crippen molar-refractivity contribution < 1.29 is 9.13 Å². The first-order chi connectivity index (χ1) is 7.63. The van der Waals surface area contributed by atoms with Crippen molar-refractivity contribution in [1.29, 1.82) is 0 Å². The van der Waals surface area contributed by atoms with Crippen LogP contribution in [-0.4, -0.2) is 16.6 Å². The van der Waals surface area contributed by atoms with Gasteiger partial charge in [0.15, 0.2) is 11.6 Å². The molecule has 0 bridgehead atoms. The molecule has 0 atom stereocenters. The van der Waals surface area contributed by atoms with Crippen molar-refractivity contribution in [2.75, 3.05) is 6.61 Å². The minimum Gasteiger partial charge on any atom is -0.489 e. The summed E-state index contributed by atoms with van der Waals surface area (Å²) in [6.45, 7) is 2.08. The summed E-state index contributed by atoms with van der Waals surface area (Å²) in [5.41, 5.74) is 0.284. The van der Waals surface area contributed by atoms with Gasteiger partial charge in [-0.2, -0.15) is 0 Å². The van der Waals surface area contributed by atoms with E-state index in [9.17, 15) is 4.39 Å². The van der Waals surface area contributed by atoms with Crippen molar-refractivity contribution in [2.24, 2.45) is 0 Å². The largest absolute Gasteiger partial charge is 0.489 e. The normalized spacial score (nSPS) is 10.8. The predicted octanol–water partition coefficient (Wildman–Crippen LogP) is 3.47. The first-order valence-corrected chi connectivity index (χ1v) is 5.33. The molecule has 1 aromatic heterocycles. The third-order valence-electron chi connectivity index (χ3n) is 1.99. The van der Waals surface area contributed by atoms with Crippen LogP contribution in [0.3, 0.4) is 0 Å². The van der Waals surface area contributed by atoms with Crippen LogP contribution in [0, 0.1) is 5.82 Å². The van der Waals surface area contributed by atoms with E-state index in [4.69, 9.17) is 27.9 Å². The van der Waals surface area contributed by atoms with Crippen molar-refractivity contribution in [3.8, 4) is 5.75 Å². The van der Waals surface area contributed by atoms with Gasteiger partial charge in [-0.25, -0.2) is 14.4 Å². The Hall–Kier alpha value is -1.13. The van der Waals surface area contributed by atoms with E-state index in [0.717, 1.165) is 0 Å². The number of ether oxygens (including phenoxy) is 1. The Bertz CT molecular complexity index is 548. The van der Waals surface area contributed by atoms with E-state index in [0.29, 0.717) is 12.0 Å². The molecule has 0 aliphatic heterocycles. The van der Waals surface area contributed by atoms with Gasteiger partial charge in [-0.15, -0.1) is 0 Å². The van der Waals surface area contributed by atoms with Gasteiger partial charge >= 0.3 is 0 Å². The molecule has 0 unspecified atom stereocenters. The number of rotatable bonds is 2. The van der Waals surface area contributed by atoms with Gasteiger partial charge in [-0.05, 0) is 30.7 Å². The Morgan fingerprint density at radius 3 is 2.75 bits per heavy atom. The van der Waals surface area contributed by atoms with Crippen LogP contribution in [-0.2, 0) is 0 Å². The molecule has 0 aliphatic rings. The van der Waals surface area contributed by atoms with E-state index in [2.05, 4.69) is 9.97 Å². The van der Waals surface area contributed by atoms with E-state index < -0.39 is 5.82 Å². The maximum atomic E-state index is 13.5. The third-order valence-corrected chi connectivity index (χ3v) is 2.45. The fraction of sp³-hybridized carbons (Fsp3) is 0.200. The van der Waals surface area contributed by atoms with E-state index >= 15 is 0 Å². The molecule has 16 heavy (non-hydrogen) atoms. The third kappa shape index (κ3) is 1.90. The zero-order valence-electron chi connectivity index (χ0n) is 8.30. The summed E-state index contributed by atoms with van der Waals surface area (Å²) >= 11 is 11.5. The highest BCUT2D eigenvalue weighted by Gasteiger charge is 2.13. The topological polar surface area (TPSA) is 35.0 Å². The number of hydrogen-bond donors (Lipinski definition) is 0. The molecule has 0 saturated heterocycles. The summed E-state index contributed by atoms with van der Waals surface area (Å²) in [5, 5.41) is 0.649. The van der Waals surface area contributed by atoms with Gasteiger partial charge in [0.1, 0.15) is 10.7 Å². The number of halogens is 3. The molecule has 1 heterocycles. The molecule has 2 rings (SSSR count). The molecule has 0 N–H and O–H groups in total. The molecule has 0 fully saturated rings. The van der Waals surface area contributed by atoms with Crippen LogP contribution in [0.4, 0.5) is 4.39 Å². The van der Waals surface area contributed by atoms with Crippen molar-refractivity contribution in [3.63, 3.8) is 0 Å². The average molecular weight is 261 g/mol. The summed E-state index contributed by atoms with van der Waals surface area (Å²) < 4.78 is 18.7. The van der Waals surface area contributed by atoms with Crippen LogP contribution >= 0.6 is 23.2 Å². The first kappa shape index (κ1) is 11.4. The lowest BCUT2D eigenvalue weighted by Crippen LogP contribution is -1.98. The number of benzene rings is 1. The molecule has 3 nitrogen and oxygen atoms in total. The maximum absolute atomic E-state index is 13.5. The average Bonchev–Trinajstić information content (AvgIpc) is 2.22. The second-order valence-electron chi connectivity index (χ2n) is 2.99. The maximum Gasteiger partial charge on any atom is 0.224 e. The molecule has 0 spiro atoms. The number of aromatic nitrogens is 2. The van der Waals surface area contributed by atoms with Gasteiger partial charge < -0.3 is 4.74 Å². The molecule has 0 radical (unpaired) electrons. The molecule has 0 saturated carbocycles. The molecule has 6 heteroatoms. The standard InChI is InChI=1S/C10H7Cl2FN2O/c1-2-16-8-6(13)4-3-5-7(8)14-10(12)15-9(5)11/h3-4H,2H2,1H3. The van der Waals surface area contributed by atoms with Crippen molar-refractivity contribution in [3.05, 3.63) is 28.4 Å². The fourth-order valence-corrected chi connectivity index (χ4v) is 1.81. The smallest absolute Gasteiger partial charge is 0.224 e. The second kappa shape index (κ2) is 4.39. The van der Waals surface area contributed by atoms with Crippen LogP contribution in [0.2, 0.25) is 10.4 Å². The van der Waals surface area contributed by atoms with Crippen LogP contribution in [0.5, 0.6) is 5.75 Å². The lowest BCUT2D eigenvalue weighted by atomic mass is 10.2. The van der Waals surface area contributed by atoms with Gasteiger partial charge in [-0.3, -0.25) is 0 Å². The van der Waals surface area contributed by atoms with Crippen LogP contribution in [0.25, 0.3) is 10.9 Å². The molecule has 2 aromatic rings. The highest BCUT2D eigenvalue weighted by molar-refractivity contribution is 6.35. The lowest BCUT2D eigenvalue weighted by Gasteiger charge is -2.08. The summed E-state index contributed by atoms with van der Waals surface area (Å²) in [6, 6.07) is 2.75. The Balaban J connectivity index is 2.80. The van der Waals surface area contributed by atoms with E-state index in [1.807, 2.05) is 0 Å². The molecule has 84 valence electrons. The quantitative estimate of drug-likeness (QED) is 0.613. The van der Waals surface area contributed by atoms with Gasteiger partial charge in [0.2, 0.25) is 5.28 Å². The highest BCUT2D eigenvalue weighted by atomic mass is 35.5. The van der Waals surface area contributed by atoms with Gasteiger partial charge in [-0.1, -0.05) is 11.6 Å². The fourth-order valence-electron chi connectivity index (χ4n) is 1.36. The zero-order chi connectivity index (χ0) is 11.7. The second-order valence-corrected chi connectivity index (χ2v) is 3.69. The minimum absolute atomic E-state index is 0.0379. The molecule has 0 amide bonds. The summed E-state index contributed by atoms with van der Waals surface area (Å²) in [4.78, 5) is 7.70. The Morgan fingerprint density at radius 2 is 2.06 bits per heavy atom. The number of hydrogen-bond acceptors (Lipinski definition) is 3. The minimum atomic E-state index is -0.500. The summed E-state index contributed by atoms with van der Waals surface area (Å²) in [7, 11) is 0. The predicted molar refractivity (Wildman–Crippen MR) is 60.7 cm³/mol. The molecule has 0 aliphatic carbocycles. The van der Waals surface area contributed by atoms with E-state index in [1.54, 1.807) is 6.92 Å². The Labute approximate surface area is 101 Å². The van der Waals surface area contributed by atoms with E-state index in [-0.39, 0.29) is 21.7 Å². The van der Waals surface area contributed by atoms with Crippen LogP contribution in [0.15, 0.2) is 12.1 Å². The lowest BCUT2D eigenvalue weighted by molar-refractivity contribution is 0.325. The summed E-state index contributed by atoms with van der Waals surface area (Å²) in [6.07, 6.45) is 0. The SMILES string of the molecule is CCOc1c(F)ccc2c(Cl)nc(Cl)nc12. The van der Waals surface area contributed by atoms with Crippen molar-refractivity contribution >= 4 is 34.1 Å². The van der Waals surface area contributed by atoms with Gasteiger partial charge in [0.05, 0.1) is 6.61 Å². The first-order valence-electron chi connectivity index (χ1n) is 4.57. The number of nitrogens with zero attached hydrogens (tertiary/aromatic N) is 2. The Kier molecular flexibility index (Phi) is 3.12. The monoisotopic (exact) mass is 260 g/mol. The highest BCUT2D eigenvalue weighted by Crippen LogP contribution is 2.31. The van der Waals surface area contributed by atoms with E-state index in [1.165, 1.54) is 12.1 Å². The molecule has 1 aromatic carbocycles. The summed E-state index contributed by atoms with van der Waals surface area (Å²) in [5.74, 6) is -0.452. The zero-order valence-corrected chi connectivity index (χ0v) is 9.81.